The highest BCUT2D eigenvalue weighted by atomic mass is 16.6. The average molecular weight is 332 g/mol. The van der Waals surface area contributed by atoms with Crippen molar-refractivity contribution in [3.05, 3.63) is 35.9 Å². The van der Waals surface area contributed by atoms with Crippen LogP contribution in [-0.4, -0.2) is 31.0 Å². The van der Waals surface area contributed by atoms with Crippen molar-refractivity contribution in [2.24, 2.45) is 5.92 Å². The Morgan fingerprint density at radius 1 is 1.21 bits per heavy atom. The summed E-state index contributed by atoms with van der Waals surface area (Å²) in [5, 5.41) is 0. The lowest BCUT2D eigenvalue weighted by atomic mass is 9.73. The number of hydrogen-bond donors (Lipinski definition) is 0. The number of esters is 1. The predicted molar refractivity (Wildman–Crippen MR) is 98.9 cm³/mol. The van der Waals surface area contributed by atoms with Gasteiger partial charge in [-0.2, -0.15) is 0 Å². The third kappa shape index (κ3) is 4.60. The van der Waals surface area contributed by atoms with Crippen LogP contribution in [0.2, 0.25) is 0 Å². The number of piperidine rings is 1. The maximum absolute atomic E-state index is 12.2. The van der Waals surface area contributed by atoms with Gasteiger partial charge in [-0.05, 0) is 19.0 Å². The van der Waals surface area contributed by atoms with Crippen LogP contribution in [0.4, 0.5) is 0 Å². The van der Waals surface area contributed by atoms with E-state index in [1.165, 1.54) is 31.2 Å². The quantitative estimate of drug-likeness (QED) is 0.508. The predicted octanol–water partition coefficient (Wildman–Crippen LogP) is 4.76. The standard InChI is InChI=1S/C21H33NO2/c1-4-6-7-9-14-19-17-22(3)16-15-21(19,24-20(23)5-2)18-12-10-8-11-13-18/h8,10-13,19H,4-7,9,14-17H2,1-3H3/t19-,21+/m1/s1. The van der Waals surface area contributed by atoms with Crippen molar-refractivity contribution >= 4 is 5.97 Å². The maximum Gasteiger partial charge on any atom is 0.306 e. The number of rotatable bonds is 8. The Balaban J connectivity index is 2.27. The van der Waals surface area contributed by atoms with Crippen LogP contribution in [0.15, 0.2) is 30.3 Å². The normalized spacial score (nSPS) is 24.7. The lowest BCUT2D eigenvalue weighted by molar-refractivity contribution is -0.176. The number of carbonyl (C=O) groups excluding carboxylic acids is 1. The summed E-state index contributed by atoms with van der Waals surface area (Å²) in [5.41, 5.74) is 0.716. The van der Waals surface area contributed by atoms with Gasteiger partial charge >= 0.3 is 5.97 Å². The second kappa shape index (κ2) is 9.22. The highest BCUT2D eigenvalue weighted by molar-refractivity contribution is 5.69. The van der Waals surface area contributed by atoms with Crippen LogP contribution in [-0.2, 0) is 15.1 Å². The van der Waals surface area contributed by atoms with Gasteiger partial charge in [0.15, 0.2) is 0 Å². The smallest absolute Gasteiger partial charge is 0.306 e. The lowest BCUT2D eigenvalue weighted by Crippen LogP contribution is -2.51. The summed E-state index contributed by atoms with van der Waals surface area (Å²) in [4.78, 5) is 14.6. The molecule has 1 heterocycles. The van der Waals surface area contributed by atoms with Crippen molar-refractivity contribution < 1.29 is 9.53 Å². The summed E-state index contributed by atoms with van der Waals surface area (Å²) in [6.45, 7) is 6.09. The van der Waals surface area contributed by atoms with Crippen molar-refractivity contribution in [1.29, 1.82) is 0 Å². The van der Waals surface area contributed by atoms with Crippen molar-refractivity contribution in [3.63, 3.8) is 0 Å². The molecule has 2 atom stereocenters. The zero-order chi connectivity index (χ0) is 17.4. The van der Waals surface area contributed by atoms with Crippen LogP contribution in [0, 0.1) is 5.92 Å². The summed E-state index contributed by atoms with van der Waals surface area (Å²) in [6.07, 6.45) is 7.46. The van der Waals surface area contributed by atoms with Crippen molar-refractivity contribution in [2.45, 2.75) is 64.4 Å². The molecular formula is C21H33NO2. The molecule has 3 nitrogen and oxygen atoms in total. The molecule has 0 N–H and O–H groups in total. The van der Waals surface area contributed by atoms with Crippen molar-refractivity contribution in [1.82, 2.24) is 4.90 Å². The van der Waals surface area contributed by atoms with Crippen molar-refractivity contribution in [3.8, 4) is 0 Å². The average Bonchev–Trinajstić information content (AvgIpc) is 2.61. The molecule has 0 unspecified atom stereocenters. The van der Waals surface area contributed by atoms with Crippen LogP contribution in [0.1, 0.15) is 64.4 Å². The molecule has 0 amide bonds. The van der Waals surface area contributed by atoms with E-state index in [4.69, 9.17) is 4.74 Å². The van der Waals surface area contributed by atoms with Gasteiger partial charge in [-0.1, -0.05) is 69.9 Å². The molecule has 0 aromatic heterocycles. The Morgan fingerprint density at radius 2 is 1.96 bits per heavy atom. The molecule has 1 aromatic rings. The van der Waals surface area contributed by atoms with Gasteiger partial charge in [0.2, 0.25) is 0 Å². The van der Waals surface area contributed by atoms with Gasteiger partial charge in [-0.3, -0.25) is 4.79 Å². The van der Waals surface area contributed by atoms with E-state index in [-0.39, 0.29) is 5.97 Å². The Hall–Kier alpha value is -1.35. The topological polar surface area (TPSA) is 29.5 Å². The Bertz CT molecular complexity index is 502. The molecule has 1 aliphatic heterocycles. The first-order valence-corrected chi connectivity index (χ1v) is 9.58. The summed E-state index contributed by atoms with van der Waals surface area (Å²) < 4.78 is 6.17. The lowest BCUT2D eigenvalue weighted by Gasteiger charge is -2.47. The molecule has 0 spiro atoms. The molecule has 1 aromatic carbocycles. The van der Waals surface area contributed by atoms with Gasteiger partial charge in [0, 0.05) is 31.8 Å². The van der Waals surface area contributed by atoms with E-state index in [1.54, 1.807) is 0 Å². The zero-order valence-corrected chi connectivity index (χ0v) is 15.6. The number of carbonyl (C=O) groups is 1. The molecule has 2 rings (SSSR count). The second-order valence-electron chi connectivity index (χ2n) is 7.14. The first-order chi connectivity index (χ1) is 11.6. The number of benzene rings is 1. The molecule has 24 heavy (non-hydrogen) atoms. The summed E-state index contributed by atoms with van der Waals surface area (Å²) in [7, 11) is 2.18. The minimum absolute atomic E-state index is 0.0815. The number of ether oxygens (including phenoxy) is 1. The van der Waals surface area contributed by atoms with Crippen molar-refractivity contribution in [2.75, 3.05) is 20.1 Å². The molecule has 0 radical (unpaired) electrons. The monoisotopic (exact) mass is 331 g/mol. The number of hydrogen-bond acceptors (Lipinski definition) is 3. The molecule has 1 aliphatic rings. The third-order valence-electron chi connectivity index (χ3n) is 5.31. The Morgan fingerprint density at radius 3 is 2.62 bits per heavy atom. The fourth-order valence-corrected chi connectivity index (χ4v) is 3.89. The van der Waals surface area contributed by atoms with Crippen LogP contribution in [0.5, 0.6) is 0 Å². The fourth-order valence-electron chi connectivity index (χ4n) is 3.89. The van der Waals surface area contributed by atoms with Crippen LogP contribution in [0.25, 0.3) is 0 Å². The minimum Gasteiger partial charge on any atom is -0.454 e. The van der Waals surface area contributed by atoms with Crippen LogP contribution in [0.3, 0.4) is 0 Å². The molecule has 0 saturated carbocycles. The van der Waals surface area contributed by atoms with E-state index >= 15 is 0 Å². The number of unbranched alkanes of at least 4 members (excludes halogenated alkanes) is 3. The summed E-state index contributed by atoms with van der Waals surface area (Å²) in [6, 6.07) is 10.4. The Labute approximate surface area is 147 Å². The van der Waals surface area contributed by atoms with Gasteiger partial charge in [0.25, 0.3) is 0 Å². The van der Waals surface area contributed by atoms with E-state index < -0.39 is 5.60 Å². The van der Waals surface area contributed by atoms with Crippen LogP contribution < -0.4 is 0 Å². The fraction of sp³-hybridized carbons (Fsp3) is 0.667. The molecule has 1 saturated heterocycles. The van der Waals surface area contributed by atoms with Gasteiger partial charge < -0.3 is 9.64 Å². The second-order valence-corrected chi connectivity index (χ2v) is 7.14. The molecule has 1 fully saturated rings. The first-order valence-electron chi connectivity index (χ1n) is 9.58. The van der Waals surface area contributed by atoms with Gasteiger partial charge in [-0.25, -0.2) is 0 Å². The number of nitrogens with zero attached hydrogens (tertiary/aromatic N) is 1. The third-order valence-corrected chi connectivity index (χ3v) is 5.31. The van der Waals surface area contributed by atoms with E-state index in [1.807, 2.05) is 13.0 Å². The summed E-state index contributed by atoms with van der Waals surface area (Å²) in [5.74, 6) is 0.285. The van der Waals surface area contributed by atoms with Gasteiger partial charge in [0.05, 0.1) is 0 Å². The largest absolute Gasteiger partial charge is 0.454 e. The maximum atomic E-state index is 12.2. The SMILES string of the molecule is CCCCCC[C@@H]1CN(C)CC[C@]1(OC(=O)CC)c1ccccc1. The first kappa shape index (κ1) is 19.0. The minimum atomic E-state index is -0.451. The van der Waals surface area contributed by atoms with E-state index in [0.717, 1.165) is 25.9 Å². The molecule has 0 aliphatic carbocycles. The molecule has 134 valence electrons. The van der Waals surface area contributed by atoms with Crippen LogP contribution >= 0.6 is 0 Å². The molecular weight excluding hydrogens is 298 g/mol. The highest BCUT2D eigenvalue weighted by Gasteiger charge is 2.46. The zero-order valence-electron chi connectivity index (χ0n) is 15.6. The van der Waals surface area contributed by atoms with E-state index in [9.17, 15) is 4.79 Å². The van der Waals surface area contributed by atoms with Gasteiger partial charge in [-0.15, -0.1) is 0 Å². The number of likely N-dealkylation sites (tertiary alicyclic amines) is 1. The summed E-state index contributed by atoms with van der Waals surface area (Å²) >= 11 is 0. The Kier molecular flexibility index (Phi) is 7.29. The van der Waals surface area contributed by atoms with E-state index in [2.05, 4.69) is 43.1 Å². The molecule has 3 heteroatoms. The molecule has 0 bridgehead atoms. The highest BCUT2D eigenvalue weighted by Crippen LogP contribution is 2.43. The van der Waals surface area contributed by atoms with Gasteiger partial charge in [0.1, 0.15) is 5.60 Å². The van der Waals surface area contributed by atoms with E-state index in [0.29, 0.717) is 12.3 Å².